The predicted molar refractivity (Wildman–Crippen MR) is 65.0 cm³/mol. The van der Waals surface area contributed by atoms with E-state index in [1.807, 2.05) is 19.0 Å². The molecule has 2 heterocycles. The van der Waals surface area contributed by atoms with Crippen LogP contribution in [0.4, 0.5) is 5.82 Å². The molecule has 2 rings (SSSR count). The number of aliphatic hydroxyl groups excluding tert-OH is 1. The third-order valence-corrected chi connectivity index (χ3v) is 2.95. The lowest BCUT2D eigenvalue weighted by molar-refractivity contribution is 0.0362. The Morgan fingerprint density at radius 1 is 1.59 bits per heavy atom. The van der Waals surface area contributed by atoms with Gasteiger partial charge in [-0.05, 0) is 12.1 Å². The number of carbonyl (C=O) groups is 1. The molecule has 1 fully saturated rings. The number of likely N-dealkylation sites (tertiary alicyclic amines) is 1. The van der Waals surface area contributed by atoms with Gasteiger partial charge in [0.1, 0.15) is 5.82 Å². The van der Waals surface area contributed by atoms with E-state index in [-0.39, 0.29) is 18.4 Å². The monoisotopic (exact) mass is 235 g/mol. The van der Waals surface area contributed by atoms with Crippen molar-refractivity contribution >= 4 is 11.7 Å². The second kappa shape index (κ2) is 4.71. The van der Waals surface area contributed by atoms with Gasteiger partial charge in [-0.3, -0.25) is 4.79 Å². The van der Waals surface area contributed by atoms with Crippen LogP contribution in [0.2, 0.25) is 0 Å². The van der Waals surface area contributed by atoms with Crippen molar-refractivity contribution in [2.45, 2.75) is 0 Å². The summed E-state index contributed by atoms with van der Waals surface area (Å²) in [5, 5.41) is 8.92. The SMILES string of the molecule is CN(C)c1cc(C(=O)N2CC(CO)C2)ccn1. The Hall–Kier alpha value is -1.62. The lowest BCUT2D eigenvalue weighted by Gasteiger charge is -2.38. The predicted octanol–water partition coefficient (Wildman–Crippen LogP) is 0.212. The van der Waals surface area contributed by atoms with Gasteiger partial charge in [0, 0.05) is 51.5 Å². The number of carbonyl (C=O) groups excluding carboxylic acids is 1. The van der Waals surface area contributed by atoms with Gasteiger partial charge in [0.2, 0.25) is 0 Å². The molecule has 1 aliphatic heterocycles. The second-order valence-corrected chi connectivity index (χ2v) is 4.56. The van der Waals surface area contributed by atoms with Gasteiger partial charge in [0.05, 0.1) is 0 Å². The molecule has 1 aromatic heterocycles. The van der Waals surface area contributed by atoms with Gasteiger partial charge >= 0.3 is 0 Å². The molecule has 0 radical (unpaired) electrons. The van der Waals surface area contributed by atoms with E-state index in [1.165, 1.54) is 0 Å². The number of nitrogens with zero attached hydrogens (tertiary/aromatic N) is 3. The molecule has 0 saturated carbocycles. The lowest BCUT2D eigenvalue weighted by atomic mass is 10.0. The summed E-state index contributed by atoms with van der Waals surface area (Å²) in [6.07, 6.45) is 1.64. The van der Waals surface area contributed by atoms with Crippen molar-refractivity contribution < 1.29 is 9.90 Å². The van der Waals surface area contributed by atoms with Crippen molar-refractivity contribution in [3.63, 3.8) is 0 Å². The third kappa shape index (κ3) is 2.39. The van der Waals surface area contributed by atoms with Crippen LogP contribution in [-0.4, -0.2) is 54.7 Å². The van der Waals surface area contributed by atoms with Crippen LogP contribution in [0.15, 0.2) is 18.3 Å². The van der Waals surface area contributed by atoms with E-state index >= 15 is 0 Å². The first kappa shape index (κ1) is 11.9. The Kier molecular flexibility index (Phi) is 3.28. The highest BCUT2D eigenvalue weighted by Gasteiger charge is 2.30. The summed E-state index contributed by atoms with van der Waals surface area (Å²) in [4.78, 5) is 19.8. The molecule has 0 aromatic carbocycles. The highest BCUT2D eigenvalue weighted by Crippen LogP contribution is 2.19. The fraction of sp³-hybridized carbons (Fsp3) is 0.500. The number of aliphatic hydroxyl groups is 1. The van der Waals surface area contributed by atoms with E-state index in [1.54, 1.807) is 23.2 Å². The smallest absolute Gasteiger partial charge is 0.254 e. The summed E-state index contributed by atoms with van der Waals surface area (Å²) in [6, 6.07) is 3.51. The van der Waals surface area contributed by atoms with Crippen LogP contribution in [0.3, 0.4) is 0 Å². The van der Waals surface area contributed by atoms with Crippen molar-refractivity contribution in [3.05, 3.63) is 23.9 Å². The Morgan fingerprint density at radius 3 is 2.88 bits per heavy atom. The third-order valence-electron chi connectivity index (χ3n) is 2.95. The zero-order valence-corrected chi connectivity index (χ0v) is 10.1. The average molecular weight is 235 g/mol. The average Bonchev–Trinajstić information content (AvgIpc) is 2.27. The Morgan fingerprint density at radius 2 is 2.29 bits per heavy atom. The standard InChI is InChI=1S/C12H17N3O2/c1-14(2)11-5-10(3-4-13-11)12(17)15-6-9(7-15)8-16/h3-5,9,16H,6-8H2,1-2H3. The Balaban J connectivity index is 2.07. The maximum absolute atomic E-state index is 12.1. The summed E-state index contributed by atoms with van der Waals surface area (Å²) in [5.74, 6) is 1.03. The number of hydrogen-bond donors (Lipinski definition) is 1. The fourth-order valence-electron chi connectivity index (χ4n) is 1.83. The minimum atomic E-state index is 0.0141. The van der Waals surface area contributed by atoms with Crippen molar-refractivity contribution in [3.8, 4) is 0 Å². The molecule has 1 N–H and O–H groups in total. The second-order valence-electron chi connectivity index (χ2n) is 4.56. The fourth-order valence-corrected chi connectivity index (χ4v) is 1.83. The summed E-state index contributed by atoms with van der Waals surface area (Å²) < 4.78 is 0. The van der Waals surface area contributed by atoms with E-state index in [9.17, 15) is 4.79 Å². The molecule has 0 bridgehead atoms. The number of pyridine rings is 1. The molecule has 92 valence electrons. The number of anilines is 1. The largest absolute Gasteiger partial charge is 0.396 e. The van der Waals surface area contributed by atoms with Crippen LogP contribution in [0.25, 0.3) is 0 Å². The van der Waals surface area contributed by atoms with Crippen LogP contribution < -0.4 is 4.90 Å². The van der Waals surface area contributed by atoms with E-state index in [4.69, 9.17) is 5.11 Å². The quantitative estimate of drug-likeness (QED) is 0.814. The zero-order chi connectivity index (χ0) is 12.4. The van der Waals surface area contributed by atoms with Gasteiger partial charge in [-0.15, -0.1) is 0 Å². The first-order valence-electron chi connectivity index (χ1n) is 5.65. The molecular formula is C12H17N3O2. The topological polar surface area (TPSA) is 56.7 Å². The molecule has 1 saturated heterocycles. The molecule has 5 heteroatoms. The highest BCUT2D eigenvalue weighted by molar-refractivity contribution is 5.95. The molecule has 0 aliphatic carbocycles. The number of hydrogen-bond acceptors (Lipinski definition) is 4. The molecule has 17 heavy (non-hydrogen) atoms. The van der Waals surface area contributed by atoms with Gasteiger partial charge in [0.25, 0.3) is 5.91 Å². The Labute approximate surface area is 101 Å². The van der Waals surface area contributed by atoms with E-state index < -0.39 is 0 Å². The first-order chi connectivity index (χ1) is 8.11. The van der Waals surface area contributed by atoms with Crippen LogP contribution in [0.1, 0.15) is 10.4 Å². The molecular weight excluding hydrogens is 218 g/mol. The minimum Gasteiger partial charge on any atom is -0.396 e. The molecule has 1 aromatic rings. The van der Waals surface area contributed by atoms with E-state index in [0.717, 1.165) is 5.82 Å². The normalized spacial score (nSPS) is 15.6. The van der Waals surface area contributed by atoms with Crippen molar-refractivity contribution in [1.29, 1.82) is 0 Å². The minimum absolute atomic E-state index is 0.0141. The molecule has 0 atom stereocenters. The summed E-state index contributed by atoms with van der Waals surface area (Å²) in [7, 11) is 3.78. The van der Waals surface area contributed by atoms with Crippen LogP contribution in [0, 0.1) is 5.92 Å². The van der Waals surface area contributed by atoms with Crippen molar-refractivity contribution in [1.82, 2.24) is 9.88 Å². The lowest BCUT2D eigenvalue weighted by Crippen LogP contribution is -2.51. The number of aromatic nitrogens is 1. The van der Waals surface area contributed by atoms with Crippen LogP contribution in [-0.2, 0) is 0 Å². The van der Waals surface area contributed by atoms with Crippen LogP contribution >= 0.6 is 0 Å². The summed E-state index contributed by atoms with van der Waals surface area (Å²) in [5.41, 5.74) is 0.653. The number of amides is 1. The molecule has 0 spiro atoms. The van der Waals surface area contributed by atoms with Crippen molar-refractivity contribution in [2.75, 3.05) is 38.7 Å². The van der Waals surface area contributed by atoms with Gasteiger partial charge < -0.3 is 14.9 Å². The van der Waals surface area contributed by atoms with E-state index in [0.29, 0.717) is 18.7 Å². The summed E-state index contributed by atoms with van der Waals surface area (Å²) >= 11 is 0. The molecule has 0 unspecified atom stereocenters. The first-order valence-corrected chi connectivity index (χ1v) is 5.65. The van der Waals surface area contributed by atoms with Crippen molar-refractivity contribution in [2.24, 2.45) is 5.92 Å². The molecule has 1 aliphatic rings. The van der Waals surface area contributed by atoms with E-state index in [2.05, 4.69) is 4.98 Å². The van der Waals surface area contributed by atoms with Gasteiger partial charge in [-0.1, -0.05) is 0 Å². The highest BCUT2D eigenvalue weighted by atomic mass is 16.3. The maximum Gasteiger partial charge on any atom is 0.254 e. The van der Waals surface area contributed by atoms with Gasteiger partial charge in [-0.2, -0.15) is 0 Å². The number of rotatable bonds is 3. The van der Waals surface area contributed by atoms with Gasteiger partial charge in [0.15, 0.2) is 0 Å². The maximum atomic E-state index is 12.1. The molecule has 5 nitrogen and oxygen atoms in total. The van der Waals surface area contributed by atoms with Crippen LogP contribution in [0.5, 0.6) is 0 Å². The van der Waals surface area contributed by atoms with Gasteiger partial charge in [-0.25, -0.2) is 4.98 Å². The zero-order valence-electron chi connectivity index (χ0n) is 10.1. The Bertz CT molecular complexity index is 414. The summed E-state index contributed by atoms with van der Waals surface area (Å²) in [6.45, 7) is 1.45. The molecule has 1 amide bonds.